The molecule has 0 aliphatic heterocycles. The molecule has 0 unspecified atom stereocenters. The van der Waals surface area contributed by atoms with Crippen molar-refractivity contribution in [1.29, 1.82) is 0 Å². The van der Waals surface area contributed by atoms with E-state index < -0.39 is 23.6 Å². The lowest BCUT2D eigenvalue weighted by molar-refractivity contribution is -0.136. The van der Waals surface area contributed by atoms with Gasteiger partial charge in [0.05, 0.1) is 25.1 Å². The van der Waals surface area contributed by atoms with Gasteiger partial charge in [-0.25, -0.2) is 5.43 Å². The Hall–Kier alpha value is -4.64. The predicted molar refractivity (Wildman–Crippen MR) is 133 cm³/mol. The minimum Gasteiger partial charge on any atom is -0.492 e. The second-order valence-corrected chi connectivity index (χ2v) is 7.47. The largest absolute Gasteiger partial charge is 0.492 e. The molecule has 0 saturated heterocycles. The third-order valence-electron chi connectivity index (χ3n) is 4.39. The molecule has 0 spiro atoms. The van der Waals surface area contributed by atoms with Crippen LogP contribution >= 0.6 is 11.6 Å². The average molecular weight is 512 g/mol. The van der Waals surface area contributed by atoms with Gasteiger partial charge >= 0.3 is 23.6 Å². The third-order valence-corrected chi connectivity index (χ3v) is 4.63. The number of benzene rings is 2. The highest BCUT2D eigenvalue weighted by Crippen LogP contribution is 2.23. The van der Waals surface area contributed by atoms with Gasteiger partial charge in [0.2, 0.25) is 0 Å². The van der Waals surface area contributed by atoms with E-state index in [1.165, 1.54) is 18.3 Å². The van der Waals surface area contributed by atoms with Gasteiger partial charge in [-0.2, -0.15) is 5.10 Å². The molecule has 0 fully saturated rings. The van der Waals surface area contributed by atoms with Crippen LogP contribution in [-0.4, -0.2) is 36.5 Å². The zero-order valence-electron chi connectivity index (χ0n) is 19.0. The Kier molecular flexibility index (Phi) is 9.18. The van der Waals surface area contributed by atoms with Gasteiger partial charge in [-0.15, -0.1) is 0 Å². The molecule has 12 heteroatoms. The zero-order valence-corrected chi connectivity index (χ0v) is 19.8. The fourth-order valence-corrected chi connectivity index (χ4v) is 2.99. The summed E-state index contributed by atoms with van der Waals surface area (Å²) in [6.07, 6.45) is 1.18. The van der Waals surface area contributed by atoms with Gasteiger partial charge in [-0.3, -0.25) is 19.2 Å². The molecule has 1 heterocycles. The monoisotopic (exact) mass is 511 g/mol. The summed E-state index contributed by atoms with van der Waals surface area (Å²) in [6.45, 7) is 2.13. The number of carbonyl (C=O) groups is 4. The molecule has 4 N–H and O–H groups in total. The maximum atomic E-state index is 12.1. The molecule has 0 radical (unpaired) electrons. The number of nitrogens with one attached hydrogen (secondary N) is 4. The first-order valence-electron chi connectivity index (χ1n) is 10.7. The van der Waals surface area contributed by atoms with Crippen molar-refractivity contribution < 1.29 is 28.3 Å². The lowest BCUT2D eigenvalue weighted by Gasteiger charge is -2.10. The number of nitrogens with zero attached hydrogens (tertiary/aromatic N) is 1. The van der Waals surface area contributed by atoms with Crippen LogP contribution < -0.4 is 26.1 Å². The van der Waals surface area contributed by atoms with Crippen molar-refractivity contribution in [1.82, 2.24) is 10.7 Å². The quantitative estimate of drug-likeness (QED) is 0.207. The van der Waals surface area contributed by atoms with E-state index in [9.17, 15) is 19.2 Å². The number of halogens is 1. The second-order valence-electron chi connectivity index (χ2n) is 7.03. The Morgan fingerprint density at radius 1 is 0.944 bits per heavy atom. The highest BCUT2D eigenvalue weighted by Gasteiger charge is 2.16. The molecule has 3 rings (SSSR count). The normalized spacial score (nSPS) is 10.5. The van der Waals surface area contributed by atoms with Gasteiger partial charge in [-0.05, 0) is 49.4 Å². The van der Waals surface area contributed by atoms with Crippen molar-refractivity contribution in [2.75, 3.05) is 17.2 Å². The van der Waals surface area contributed by atoms with Crippen LogP contribution in [0.1, 0.15) is 18.4 Å². The Bertz CT molecular complexity index is 1290. The van der Waals surface area contributed by atoms with Crippen LogP contribution in [0, 0.1) is 0 Å². The minimum absolute atomic E-state index is 0.0658. The zero-order chi connectivity index (χ0) is 25.9. The summed E-state index contributed by atoms with van der Waals surface area (Å²) in [5, 5.41) is 11.4. The van der Waals surface area contributed by atoms with Gasteiger partial charge in [0.25, 0.3) is 0 Å². The maximum absolute atomic E-state index is 12.1. The fourth-order valence-electron chi connectivity index (χ4n) is 2.80. The number of amides is 4. The first kappa shape index (κ1) is 26.0. The summed E-state index contributed by atoms with van der Waals surface area (Å²) >= 11 is 5.85. The molecule has 0 aliphatic carbocycles. The van der Waals surface area contributed by atoms with E-state index in [1.54, 1.807) is 55.5 Å². The molecule has 1 aromatic heterocycles. The molecule has 2 aromatic carbocycles. The van der Waals surface area contributed by atoms with Gasteiger partial charge < -0.3 is 25.1 Å². The van der Waals surface area contributed by atoms with E-state index in [0.717, 1.165) is 0 Å². The number of carbonyl (C=O) groups excluding carboxylic acids is 4. The summed E-state index contributed by atoms with van der Waals surface area (Å²) in [5.41, 5.74) is 2.82. The van der Waals surface area contributed by atoms with E-state index in [1.807, 2.05) is 0 Å². The Morgan fingerprint density at radius 2 is 1.72 bits per heavy atom. The van der Waals surface area contributed by atoms with Crippen LogP contribution in [-0.2, 0) is 25.7 Å². The summed E-state index contributed by atoms with van der Waals surface area (Å²) in [5.74, 6) is -2.66. The van der Waals surface area contributed by atoms with Crippen molar-refractivity contribution in [3.8, 4) is 5.75 Å². The number of anilines is 2. The third kappa shape index (κ3) is 7.71. The SMILES string of the molecule is CCOc1ccccc1NC(=O)C(=O)N/N=C/c1ccc(CNC(=O)C(=O)Nc2cccc(Cl)c2)o1. The summed E-state index contributed by atoms with van der Waals surface area (Å²) in [7, 11) is 0. The number of rotatable bonds is 8. The molecule has 0 bridgehead atoms. The van der Waals surface area contributed by atoms with Crippen molar-refractivity contribution in [3.05, 3.63) is 77.2 Å². The molecule has 3 aromatic rings. The molecule has 11 nitrogen and oxygen atoms in total. The first-order chi connectivity index (χ1) is 17.4. The van der Waals surface area contributed by atoms with Crippen molar-refractivity contribution in [2.45, 2.75) is 13.5 Å². The Morgan fingerprint density at radius 3 is 2.50 bits per heavy atom. The number of para-hydroxylation sites is 2. The summed E-state index contributed by atoms with van der Waals surface area (Å²) in [4.78, 5) is 48.1. The maximum Gasteiger partial charge on any atom is 0.329 e. The average Bonchev–Trinajstić information content (AvgIpc) is 3.31. The van der Waals surface area contributed by atoms with Crippen molar-refractivity contribution >= 4 is 52.8 Å². The van der Waals surface area contributed by atoms with Crippen LogP contribution in [0.15, 0.2) is 70.2 Å². The Balaban J connectivity index is 1.45. The van der Waals surface area contributed by atoms with Gasteiger partial charge in [0.15, 0.2) is 0 Å². The van der Waals surface area contributed by atoms with Crippen LogP contribution in [0.25, 0.3) is 0 Å². The van der Waals surface area contributed by atoms with E-state index in [2.05, 4.69) is 26.5 Å². The molecule has 0 aliphatic rings. The Labute approximate surface area is 210 Å². The van der Waals surface area contributed by atoms with E-state index in [-0.39, 0.29) is 12.3 Å². The van der Waals surface area contributed by atoms with Gasteiger partial charge in [0, 0.05) is 10.7 Å². The molecule has 4 amide bonds. The molecule has 186 valence electrons. The van der Waals surface area contributed by atoms with Gasteiger partial charge in [-0.1, -0.05) is 29.8 Å². The lowest BCUT2D eigenvalue weighted by Crippen LogP contribution is -2.34. The van der Waals surface area contributed by atoms with Crippen LogP contribution in [0.3, 0.4) is 0 Å². The van der Waals surface area contributed by atoms with Crippen LogP contribution in [0.5, 0.6) is 5.75 Å². The molecule has 0 atom stereocenters. The standard InChI is InChI=1S/C24H22ClN5O6/c1-2-35-20-9-4-3-8-19(20)29-23(33)24(34)30-27-14-18-11-10-17(36-18)13-26-21(31)22(32)28-16-7-5-6-15(25)12-16/h3-12,14H,2,13H2,1H3,(H,26,31)(H,28,32)(H,29,33)(H,30,34)/b27-14+. The summed E-state index contributed by atoms with van der Waals surface area (Å²) < 4.78 is 10.8. The molecule has 36 heavy (non-hydrogen) atoms. The molecular weight excluding hydrogens is 490 g/mol. The van der Waals surface area contributed by atoms with Crippen LogP contribution in [0.2, 0.25) is 5.02 Å². The predicted octanol–water partition coefficient (Wildman–Crippen LogP) is 2.68. The number of ether oxygens (including phenoxy) is 1. The van der Waals surface area contributed by atoms with Gasteiger partial charge in [0.1, 0.15) is 17.3 Å². The highest BCUT2D eigenvalue weighted by molar-refractivity contribution is 6.40. The summed E-state index contributed by atoms with van der Waals surface area (Å²) in [6, 6.07) is 16.2. The number of hydrogen-bond acceptors (Lipinski definition) is 7. The first-order valence-corrected chi connectivity index (χ1v) is 11.0. The highest BCUT2D eigenvalue weighted by atomic mass is 35.5. The fraction of sp³-hybridized carbons (Fsp3) is 0.125. The van der Waals surface area contributed by atoms with Crippen molar-refractivity contribution in [2.24, 2.45) is 5.10 Å². The van der Waals surface area contributed by atoms with Crippen LogP contribution in [0.4, 0.5) is 11.4 Å². The topological polar surface area (TPSA) is 151 Å². The molecular formula is C24H22ClN5O6. The number of hydrogen-bond donors (Lipinski definition) is 4. The number of hydrazone groups is 1. The van der Waals surface area contributed by atoms with Crippen molar-refractivity contribution in [3.63, 3.8) is 0 Å². The smallest absolute Gasteiger partial charge is 0.329 e. The van der Waals surface area contributed by atoms with E-state index in [4.69, 9.17) is 20.8 Å². The van der Waals surface area contributed by atoms with E-state index in [0.29, 0.717) is 34.5 Å². The minimum atomic E-state index is -0.998. The molecule has 0 saturated carbocycles. The number of furan rings is 1. The lowest BCUT2D eigenvalue weighted by atomic mass is 10.3. The second kappa shape index (κ2) is 12.7. The van der Waals surface area contributed by atoms with E-state index >= 15 is 0 Å².